The smallest absolute Gasteiger partial charge is 0.270 e. The SMILES string of the molecule is COc1ccc(S(=O)(=O)CC(=O)N=c2sc3cc([N+](=O)[O-])ccc3n2CCSC)cc1. The Labute approximate surface area is 186 Å². The molecule has 0 bridgehead atoms. The molecule has 0 saturated carbocycles. The molecular formula is C19H19N3O6S3. The summed E-state index contributed by atoms with van der Waals surface area (Å²) in [5, 5.41) is 11.1. The van der Waals surface area contributed by atoms with E-state index < -0.39 is 26.4 Å². The normalized spacial score (nSPS) is 12.3. The molecule has 1 heterocycles. The molecule has 9 nitrogen and oxygen atoms in total. The van der Waals surface area contributed by atoms with Crippen LogP contribution >= 0.6 is 23.1 Å². The Morgan fingerprint density at radius 2 is 1.97 bits per heavy atom. The van der Waals surface area contributed by atoms with Gasteiger partial charge in [-0.1, -0.05) is 11.3 Å². The second-order valence-electron chi connectivity index (χ2n) is 6.38. The summed E-state index contributed by atoms with van der Waals surface area (Å²) in [4.78, 5) is 27.4. The number of fused-ring (bicyclic) bond motifs is 1. The van der Waals surface area contributed by atoms with Gasteiger partial charge in [-0.05, 0) is 36.6 Å². The number of sulfone groups is 1. The van der Waals surface area contributed by atoms with Crippen LogP contribution in [0, 0.1) is 10.1 Å². The van der Waals surface area contributed by atoms with E-state index in [1.165, 1.54) is 43.5 Å². The van der Waals surface area contributed by atoms with Gasteiger partial charge in [0.2, 0.25) is 0 Å². The van der Waals surface area contributed by atoms with Crippen molar-refractivity contribution in [2.24, 2.45) is 4.99 Å². The van der Waals surface area contributed by atoms with Crippen molar-refractivity contribution in [2.75, 3.05) is 24.9 Å². The summed E-state index contributed by atoms with van der Waals surface area (Å²) in [6.07, 6.45) is 1.93. The number of aromatic nitrogens is 1. The predicted octanol–water partition coefficient (Wildman–Crippen LogP) is 2.88. The van der Waals surface area contributed by atoms with E-state index >= 15 is 0 Å². The Hall–Kier alpha value is -2.70. The number of rotatable bonds is 8. The van der Waals surface area contributed by atoms with Crippen LogP contribution < -0.4 is 9.54 Å². The summed E-state index contributed by atoms with van der Waals surface area (Å²) in [7, 11) is -2.41. The number of carbonyl (C=O) groups is 1. The maximum absolute atomic E-state index is 12.6. The fourth-order valence-electron chi connectivity index (χ4n) is 2.83. The Morgan fingerprint density at radius 3 is 2.58 bits per heavy atom. The molecule has 3 rings (SSSR count). The zero-order valence-corrected chi connectivity index (χ0v) is 19.1. The first-order valence-electron chi connectivity index (χ1n) is 8.96. The van der Waals surface area contributed by atoms with Crippen LogP contribution in [0.2, 0.25) is 0 Å². The summed E-state index contributed by atoms with van der Waals surface area (Å²) >= 11 is 2.71. The number of amides is 1. The number of non-ortho nitro benzene ring substituents is 1. The van der Waals surface area contributed by atoms with E-state index in [0.29, 0.717) is 27.3 Å². The second kappa shape index (κ2) is 9.62. The van der Waals surface area contributed by atoms with Gasteiger partial charge in [0.25, 0.3) is 11.6 Å². The van der Waals surface area contributed by atoms with Crippen molar-refractivity contribution in [1.82, 2.24) is 4.57 Å². The highest BCUT2D eigenvalue weighted by atomic mass is 32.2. The lowest BCUT2D eigenvalue weighted by molar-refractivity contribution is -0.384. The molecule has 0 atom stereocenters. The molecule has 0 aliphatic carbocycles. The maximum Gasteiger partial charge on any atom is 0.270 e. The lowest BCUT2D eigenvalue weighted by Crippen LogP contribution is -2.21. The molecule has 1 aromatic heterocycles. The minimum atomic E-state index is -3.88. The molecule has 12 heteroatoms. The average Bonchev–Trinajstić information content (AvgIpc) is 3.07. The number of ether oxygens (including phenoxy) is 1. The van der Waals surface area contributed by atoms with Crippen LogP contribution in [0.3, 0.4) is 0 Å². The van der Waals surface area contributed by atoms with E-state index in [-0.39, 0.29) is 10.6 Å². The minimum absolute atomic E-state index is 0.000856. The third-order valence-electron chi connectivity index (χ3n) is 4.35. The summed E-state index contributed by atoms with van der Waals surface area (Å²) in [5.41, 5.74) is 0.639. The highest BCUT2D eigenvalue weighted by molar-refractivity contribution is 7.98. The van der Waals surface area contributed by atoms with Crippen molar-refractivity contribution >= 4 is 54.7 Å². The molecule has 0 N–H and O–H groups in total. The van der Waals surface area contributed by atoms with E-state index in [9.17, 15) is 23.3 Å². The van der Waals surface area contributed by atoms with Gasteiger partial charge in [-0.25, -0.2) is 8.42 Å². The van der Waals surface area contributed by atoms with Crippen LogP contribution in [0.25, 0.3) is 10.2 Å². The predicted molar refractivity (Wildman–Crippen MR) is 120 cm³/mol. The van der Waals surface area contributed by atoms with Gasteiger partial charge < -0.3 is 9.30 Å². The van der Waals surface area contributed by atoms with Crippen molar-refractivity contribution < 1.29 is 22.9 Å². The number of aryl methyl sites for hydroxylation is 1. The quantitative estimate of drug-likeness (QED) is 0.358. The molecule has 164 valence electrons. The number of thioether (sulfide) groups is 1. The molecular weight excluding hydrogens is 462 g/mol. The highest BCUT2D eigenvalue weighted by Crippen LogP contribution is 2.23. The van der Waals surface area contributed by atoms with E-state index in [4.69, 9.17) is 4.74 Å². The molecule has 31 heavy (non-hydrogen) atoms. The van der Waals surface area contributed by atoms with E-state index in [1.54, 1.807) is 22.4 Å². The number of carbonyl (C=O) groups excluding carboxylic acids is 1. The summed E-state index contributed by atoms with van der Waals surface area (Å²) < 4.78 is 32.5. The van der Waals surface area contributed by atoms with E-state index in [2.05, 4.69) is 4.99 Å². The topological polar surface area (TPSA) is 121 Å². The first-order chi connectivity index (χ1) is 14.7. The molecule has 0 unspecified atom stereocenters. The third kappa shape index (κ3) is 5.32. The second-order valence-corrected chi connectivity index (χ2v) is 10.4. The molecule has 0 fully saturated rings. The van der Waals surface area contributed by atoms with Crippen LogP contribution in [-0.4, -0.2) is 48.7 Å². The molecule has 2 aromatic carbocycles. The van der Waals surface area contributed by atoms with Gasteiger partial charge in [0.15, 0.2) is 14.6 Å². The number of nitro benzene ring substituents is 1. The number of nitro groups is 1. The first-order valence-corrected chi connectivity index (χ1v) is 12.8. The maximum atomic E-state index is 12.6. The number of methoxy groups -OCH3 is 1. The van der Waals surface area contributed by atoms with Crippen LogP contribution in [0.1, 0.15) is 0 Å². The van der Waals surface area contributed by atoms with Crippen LogP contribution in [0.15, 0.2) is 52.4 Å². The van der Waals surface area contributed by atoms with Crippen molar-refractivity contribution in [3.05, 3.63) is 57.4 Å². The number of nitrogens with zero attached hydrogens (tertiary/aromatic N) is 3. The molecule has 1 amide bonds. The largest absolute Gasteiger partial charge is 0.497 e. The molecule has 0 saturated heterocycles. The number of benzene rings is 2. The van der Waals surface area contributed by atoms with Gasteiger partial charge in [-0.3, -0.25) is 14.9 Å². The van der Waals surface area contributed by atoms with Crippen molar-refractivity contribution in [3.63, 3.8) is 0 Å². The highest BCUT2D eigenvalue weighted by Gasteiger charge is 2.20. The van der Waals surface area contributed by atoms with Crippen LogP contribution in [0.5, 0.6) is 5.75 Å². The molecule has 0 radical (unpaired) electrons. The van der Waals surface area contributed by atoms with Gasteiger partial charge in [0.1, 0.15) is 11.5 Å². The van der Waals surface area contributed by atoms with Crippen molar-refractivity contribution in [2.45, 2.75) is 11.4 Å². The fourth-order valence-corrected chi connectivity index (χ4v) is 5.41. The first kappa shape index (κ1) is 23.0. The van der Waals surface area contributed by atoms with Gasteiger partial charge in [-0.15, -0.1) is 0 Å². The van der Waals surface area contributed by atoms with E-state index in [0.717, 1.165) is 17.1 Å². The lowest BCUT2D eigenvalue weighted by atomic mass is 10.3. The number of hydrogen-bond acceptors (Lipinski definition) is 8. The summed E-state index contributed by atoms with van der Waals surface area (Å²) in [6.45, 7) is 0.524. The Morgan fingerprint density at radius 1 is 1.26 bits per heavy atom. The molecule has 0 aliphatic heterocycles. The Bertz CT molecular complexity index is 1290. The zero-order valence-electron chi connectivity index (χ0n) is 16.7. The fraction of sp³-hybridized carbons (Fsp3) is 0.263. The minimum Gasteiger partial charge on any atom is -0.497 e. The Balaban J connectivity index is 1.97. The lowest BCUT2D eigenvalue weighted by Gasteiger charge is -2.05. The van der Waals surface area contributed by atoms with E-state index in [1.807, 2.05) is 6.26 Å². The zero-order chi connectivity index (χ0) is 22.6. The van der Waals surface area contributed by atoms with Gasteiger partial charge in [-0.2, -0.15) is 16.8 Å². The number of hydrogen-bond donors (Lipinski definition) is 0. The van der Waals surface area contributed by atoms with Crippen LogP contribution in [0.4, 0.5) is 5.69 Å². The van der Waals surface area contributed by atoms with Crippen LogP contribution in [-0.2, 0) is 21.2 Å². The average molecular weight is 482 g/mol. The van der Waals surface area contributed by atoms with Gasteiger partial charge in [0, 0.05) is 24.4 Å². The monoisotopic (exact) mass is 481 g/mol. The van der Waals surface area contributed by atoms with Gasteiger partial charge >= 0.3 is 0 Å². The Kier molecular flexibility index (Phi) is 7.13. The summed E-state index contributed by atoms with van der Waals surface area (Å²) in [6, 6.07) is 10.2. The molecule has 0 spiro atoms. The van der Waals surface area contributed by atoms with Crippen molar-refractivity contribution in [3.8, 4) is 5.75 Å². The van der Waals surface area contributed by atoms with Crippen molar-refractivity contribution in [1.29, 1.82) is 0 Å². The molecule has 0 aliphatic rings. The summed E-state index contributed by atoms with van der Waals surface area (Å²) in [5.74, 6) is -0.358. The standard InChI is InChI=1S/C19H19N3O6S3/c1-28-14-4-6-15(7-5-14)31(26,27)12-18(23)20-19-21(9-10-29-2)16-8-3-13(22(24)25)11-17(16)30-19/h3-8,11H,9-10,12H2,1-2H3. The number of thiazole rings is 1. The third-order valence-corrected chi connectivity index (χ3v) is 7.60. The molecule has 3 aromatic rings. The van der Waals surface area contributed by atoms with Gasteiger partial charge in [0.05, 0.1) is 27.1 Å².